The first kappa shape index (κ1) is 10.6. The standard InChI is InChI=1S/C12H15N3O2/c1-12(7-13-4-5-14-12)8-2-3-9-10(6-8)17-11(16)15-9/h2-3,6,13-14H,4-5,7H2,1H3,(H,15,16). The van der Waals surface area contributed by atoms with Crippen molar-refractivity contribution in [3.05, 3.63) is 34.3 Å². The van der Waals surface area contributed by atoms with Crippen molar-refractivity contribution in [1.82, 2.24) is 15.6 Å². The van der Waals surface area contributed by atoms with Crippen molar-refractivity contribution in [3.8, 4) is 0 Å². The largest absolute Gasteiger partial charge is 0.417 e. The van der Waals surface area contributed by atoms with Crippen LogP contribution in [0, 0.1) is 0 Å². The number of hydrogen-bond donors (Lipinski definition) is 3. The zero-order chi connectivity index (χ0) is 11.9. The van der Waals surface area contributed by atoms with Crippen LogP contribution in [0.2, 0.25) is 0 Å². The topological polar surface area (TPSA) is 70.1 Å². The first-order chi connectivity index (χ1) is 8.17. The molecule has 1 aromatic heterocycles. The lowest BCUT2D eigenvalue weighted by Gasteiger charge is -2.36. The molecule has 2 aromatic rings. The molecule has 1 aromatic carbocycles. The van der Waals surface area contributed by atoms with Crippen LogP contribution >= 0.6 is 0 Å². The molecular formula is C12H15N3O2. The van der Waals surface area contributed by atoms with Crippen molar-refractivity contribution >= 4 is 11.1 Å². The molecule has 0 spiro atoms. The summed E-state index contributed by atoms with van der Waals surface area (Å²) in [7, 11) is 0. The van der Waals surface area contributed by atoms with E-state index in [1.807, 2.05) is 18.2 Å². The summed E-state index contributed by atoms with van der Waals surface area (Å²) < 4.78 is 5.09. The fourth-order valence-electron chi connectivity index (χ4n) is 2.32. The molecule has 0 amide bonds. The molecule has 5 nitrogen and oxygen atoms in total. The highest BCUT2D eigenvalue weighted by Gasteiger charge is 2.28. The van der Waals surface area contributed by atoms with E-state index in [9.17, 15) is 4.79 Å². The second kappa shape index (κ2) is 3.72. The quantitative estimate of drug-likeness (QED) is 0.672. The highest BCUT2D eigenvalue weighted by atomic mass is 16.4. The fraction of sp³-hybridized carbons (Fsp3) is 0.417. The van der Waals surface area contributed by atoms with Gasteiger partial charge in [-0.15, -0.1) is 0 Å². The molecule has 1 atom stereocenters. The summed E-state index contributed by atoms with van der Waals surface area (Å²) in [6.45, 7) is 4.93. The Balaban J connectivity index is 2.07. The average Bonchev–Trinajstić information content (AvgIpc) is 2.69. The van der Waals surface area contributed by atoms with Gasteiger partial charge in [-0.05, 0) is 24.6 Å². The van der Waals surface area contributed by atoms with Gasteiger partial charge in [0.2, 0.25) is 0 Å². The number of rotatable bonds is 1. The Kier molecular flexibility index (Phi) is 2.31. The molecule has 1 fully saturated rings. The summed E-state index contributed by atoms with van der Waals surface area (Å²) in [5.41, 5.74) is 2.37. The minimum absolute atomic E-state index is 0.109. The highest BCUT2D eigenvalue weighted by Crippen LogP contribution is 2.24. The van der Waals surface area contributed by atoms with Gasteiger partial charge in [0.1, 0.15) is 0 Å². The Labute approximate surface area is 98.2 Å². The highest BCUT2D eigenvalue weighted by molar-refractivity contribution is 5.73. The first-order valence-electron chi connectivity index (χ1n) is 5.76. The summed E-state index contributed by atoms with van der Waals surface area (Å²) in [5, 5.41) is 6.86. The molecular weight excluding hydrogens is 218 g/mol. The molecule has 0 aliphatic carbocycles. The van der Waals surface area contributed by atoms with Gasteiger partial charge in [0.15, 0.2) is 5.58 Å². The normalized spacial score (nSPS) is 25.2. The molecule has 3 rings (SSSR count). The third-order valence-corrected chi connectivity index (χ3v) is 3.35. The number of hydrogen-bond acceptors (Lipinski definition) is 4. The van der Waals surface area contributed by atoms with Crippen LogP contribution in [0.4, 0.5) is 0 Å². The predicted octanol–water partition coefficient (Wildman–Crippen LogP) is 0.529. The lowest BCUT2D eigenvalue weighted by molar-refractivity contribution is 0.303. The second-order valence-corrected chi connectivity index (χ2v) is 4.66. The van der Waals surface area contributed by atoms with Crippen molar-refractivity contribution in [2.24, 2.45) is 0 Å². The second-order valence-electron chi connectivity index (χ2n) is 4.66. The van der Waals surface area contributed by atoms with Crippen molar-refractivity contribution < 1.29 is 4.42 Å². The lowest BCUT2D eigenvalue weighted by Crippen LogP contribution is -2.54. The molecule has 5 heteroatoms. The minimum atomic E-state index is -0.406. The van der Waals surface area contributed by atoms with Crippen LogP contribution in [0.15, 0.2) is 27.4 Å². The van der Waals surface area contributed by atoms with Gasteiger partial charge in [-0.1, -0.05) is 6.07 Å². The Morgan fingerprint density at radius 2 is 2.24 bits per heavy atom. The number of oxazole rings is 1. The van der Waals surface area contributed by atoms with E-state index in [2.05, 4.69) is 22.5 Å². The maximum absolute atomic E-state index is 11.1. The van der Waals surface area contributed by atoms with Crippen LogP contribution in [0.1, 0.15) is 12.5 Å². The zero-order valence-corrected chi connectivity index (χ0v) is 9.67. The van der Waals surface area contributed by atoms with E-state index < -0.39 is 5.76 Å². The van der Waals surface area contributed by atoms with Crippen molar-refractivity contribution in [3.63, 3.8) is 0 Å². The number of aromatic amines is 1. The molecule has 1 aliphatic rings. The Morgan fingerprint density at radius 1 is 1.35 bits per heavy atom. The third kappa shape index (κ3) is 1.77. The van der Waals surface area contributed by atoms with Gasteiger partial charge in [0, 0.05) is 19.6 Å². The number of piperazine rings is 1. The van der Waals surface area contributed by atoms with Crippen molar-refractivity contribution in [2.75, 3.05) is 19.6 Å². The molecule has 17 heavy (non-hydrogen) atoms. The molecule has 1 saturated heterocycles. The van der Waals surface area contributed by atoms with Crippen molar-refractivity contribution in [2.45, 2.75) is 12.5 Å². The Morgan fingerprint density at radius 3 is 3.00 bits per heavy atom. The molecule has 3 N–H and O–H groups in total. The van der Waals surface area contributed by atoms with Crippen LogP contribution < -0.4 is 16.4 Å². The van der Waals surface area contributed by atoms with E-state index in [1.165, 1.54) is 0 Å². The summed E-state index contributed by atoms with van der Waals surface area (Å²) in [6, 6.07) is 5.83. The molecule has 2 heterocycles. The fourth-order valence-corrected chi connectivity index (χ4v) is 2.32. The summed E-state index contributed by atoms with van der Waals surface area (Å²) in [4.78, 5) is 13.7. The summed E-state index contributed by atoms with van der Waals surface area (Å²) >= 11 is 0. The maximum Gasteiger partial charge on any atom is 0.417 e. The average molecular weight is 233 g/mol. The van der Waals surface area contributed by atoms with Crippen LogP contribution in [0.25, 0.3) is 11.1 Å². The van der Waals surface area contributed by atoms with E-state index in [1.54, 1.807) is 0 Å². The molecule has 0 saturated carbocycles. The molecule has 0 bridgehead atoms. The van der Waals surface area contributed by atoms with Gasteiger partial charge in [0.05, 0.1) is 11.1 Å². The van der Waals surface area contributed by atoms with Gasteiger partial charge in [-0.3, -0.25) is 4.98 Å². The van der Waals surface area contributed by atoms with Crippen LogP contribution in [0.5, 0.6) is 0 Å². The first-order valence-corrected chi connectivity index (χ1v) is 5.76. The Hall–Kier alpha value is -1.59. The molecule has 1 unspecified atom stereocenters. The number of H-pyrrole nitrogens is 1. The van der Waals surface area contributed by atoms with Crippen LogP contribution in [0.3, 0.4) is 0 Å². The van der Waals surface area contributed by atoms with Gasteiger partial charge in [0.25, 0.3) is 0 Å². The van der Waals surface area contributed by atoms with E-state index in [0.717, 1.165) is 30.7 Å². The number of benzene rings is 1. The number of nitrogens with one attached hydrogen (secondary N) is 3. The van der Waals surface area contributed by atoms with Crippen molar-refractivity contribution in [1.29, 1.82) is 0 Å². The van der Waals surface area contributed by atoms with Gasteiger partial charge < -0.3 is 15.1 Å². The number of fused-ring (bicyclic) bond motifs is 1. The van der Waals surface area contributed by atoms with Gasteiger partial charge in [-0.25, -0.2) is 4.79 Å². The van der Waals surface area contributed by atoms with E-state index in [-0.39, 0.29) is 5.54 Å². The van der Waals surface area contributed by atoms with E-state index in [4.69, 9.17) is 4.42 Å². The SMILES string of the molecule is CC1(c2ccc3[nH]c(=O)oc3c2)CNCCN1. The zero-order valence-electron chi connectivity index (χ0n) is 9.67. The summed E-state index contributed by atoms with van der Waals surface area (Å²) in [6.07, 6.45) is 0. The van der Waals surface area contributed by atoms with E-state index in [0.29, 0.717) is 5.58 Å². The molecule has 90 valence electrons. The predicted molar refractivity (Wildman–Crippen MR) is 65.1 cm³/mol. The molecule has 1 aliphatic heterocycles. The van der Waals surface area contributed by atoms with Gasteiger partial charge >= 0.3 is 5.76 Å². The van der Waals surface area contributed by atoms with Gasteiger partial charge in [-0.2, -0.15) is 0 Å². The Bertz CT molecular complexity index is 593. The third-order valence-electron chi connectivity index (χ3n) is 3.35. The number of aromatic nitrogens is 1. The minimum Gasteiger partial charge on any atom is -0.408 e. The van der Waals surface area contributed by atoms with E-state index >= 15 is 0 Å². The summed E-state index contributed by atoms with van der Waals surface area (Å²) in [5.74, 6) is -0.406. The maximum atomic E-state index is 11.1. The smallest absolute Gasteiger partial charge is 0.408 e. The monoisotopic (exact) mass is 233 g/mol. The molecule has 0 radical (unpaired) electrons. The van der Waals surface area contributed by atoms with Crippen LogP contribution in [-0.2, 0) is 5.54 Å². The van der Waals surface area contributed by atoms with Crippen LogP contribution in [-0.4, -0.2) is 24.6 Å². The lowest BCUT2D eigenvalue weighted by atomic mass is 9.90.